The van der Waals surface area contributed by atoms with Crippen molar-refractivity contribution >= 4 is 24.8 Å². The van der Waals surface area contributed by atoms with Gasteiger partial charge in [-0.2, -0.15) is 4.98 Å². The number of halogens is 2. The molecule has 0 saturated carbocycles. The molecule has 0 bridgehead atoms. The molecule has 1 aromatic carbocycles. The van der Waals surface area contributed by atoms with Crippen LogP contribution >= 0.6 is 24.8 Å². The van der Waals surface area contributed by atoms with E-state index < -0.39 is 0 Å². The average molecular weight is 325 g/mol. The van der Waals surface area contributed by atoms with Crippen molar-refractivity contribution in [2.45, 2.75) is 6.54 Å². The van der Waals surface area contributed by atoms with Crippen molar-refractivity contribution < 1.29 is 4.52 Å². The molecule has 3 aromatic rings. The number of pyridine rings is 1. The summed E-state index contributed by atoms with van der Waals surface area (Å²) in [6.07, 6.45) is 3.39. The standard InChI is InChI=1S/C14H12N4O.2ClH/c15-9-10-2-1-3-12(8-10)14-17-13(18-19-14)11-4-6-16-7-5-11;;/h1-8H,9,15H2;2*1H. The summed E-state index contributed by atoms with van der Waals surface area (Å²) in [4.78, 5) is 8.34. The molecule has 0 radical (unpaired) electrons. The van der Waals surface area contributed by atoms with E-state index in [0.29, 0.717) is 18.3 Å². The molecule has 0 amide bonds. The van der Waals surface area contributed by atoms with Gasteiger partial charge in [-0.25, -0.2) is 0 Å². The summed E-state index contributed by atoms with van der Waals surface area (Å²) in [7, 11) is 0. The number of benzene rings is 1. The number of hydrogen-bond donors (Lipinski definition) is 1. The molecule has 2 heterocycles. The predicted octanol–water partition coefficient (Wildman–Crippen LogP) is 3.10. The van der Waals surface area contributed by atoms with Gasteiger partial charge in [-0.15, -0.1) is 24.8 Å². The van der Waals surface area contributed by atoms with E-state index in [0.717, 1.165) is 16.7 Å². The first-order chi connectivity index (χ1) is 9.36. The Morgan fingerprint density at radius 3 is 2.48 bits per heavy atom. The number of aromatic nitrogens is 3. The fourth-order valence-corrected chi connectivity index (χ4v) is 1.79. The van der Waals surface area contributed by atoms with Crippen LogP contribution in [0.4, 0.5) is 0 Å². The molecule has 0 aliphatic carbocycles. The first-order valence-corrected chi connectivity index (χ1v) is 5.90. The molecule has 0 aliphatic heterocycles. The first-order valence-electron chi connectivity index (χ1n) is 5.90. The quantitative estimate of drug-likeness (QED) is 0.800. The van der Waals surface area contributed by atoms with Gasteiger partial charge in [0.2, 0.25) is 5.82 Å². The van der Waals surface area contributed by atoms with Gasteiger partial charge in [0.15, 0.2) is 0 Å². The van der Waals surface area contributed by atoms with Crippen molar-refractivity contribution in [1.82, 2.24) is 15.1 Å². The maximum absolute atomic E-state index is 5.62. The van der Waals surface area contributed by atoms with Crippen LogP contribution in [0.15, 0.2) is 53.3 Å². The largest absolute Gasteiger partial charge is 0.334 e. The Bertz CT molecular complexity index is 688. The Kier molecular flexibility index (Phi) is 6.30. The maximum Gasteiger partial charge on any atom is 0.258 e. The molecule has 110 valence electrons. The zero-order valence-corrected chi connectivity index (χ0v) is 12.6. The van der Waals surface area contributed by atoms with Gasteiger partial charge < -0.3 is 10.3 Å². The molecule has 21 heavy (non-hydrogen) atoms. The smallest absolute Gasteiger partial charge is 0.258 e. The van der Waals surface area contributed by atoms with Crippen LogP contribution in [0.5, 0.6) is 0 Å². The summed E-state index contributed by atoms with van der Waals surface area (Å²) >= 11 is 0. The van der Waals surface area contributed by atoms with Crippen LogP contribution in [0.25, 0.3) is 22.8 Å². The summed E-state index contributed by atoms with van der Waals surface area (Å²) < 4.78 is 5.28. The van der Waals surface area contributed by atoms with Gasteiger partial charge in [-0.1, -0.05) is 17.3 Å². The lowest BCUT2D eigenvalue weighted by molar-refractivity contribution is 0.432. The summed E-state index contributed by atoms with van der Waals surface area (Å²) in [5, 5.41) is 3.97. The second kappa shape index (κ2) is 7.73. The van der Waals surface area contributed by atoms with E-state index in [9.17, 15) is 0 Å². The van der Waals surface area contributed by atoms with Gasteiger partial charge in [0, 0.05) is 30.1 Å². The number of hydrogen-bond acceptors (Lipinski definition) is 5. The van der Waals surface area contributed by atoms with E-state index in [-0.39, 0.29) is 24.8 Å². The lowest BCUT2D eigenvalue weighted by Crippen LogP contribution is -1.95. The fourth-order valence-electron chi connectivity index (χ4n) is 1.79. The Morgan fingerprint density at radius 1 is 1.00 bits per heavy atom. The third-order valence-electron chi connectivity index (χ3n) is 2.77. The Labute approximate surface area is 134 Å². The molecule has 0 fully saturated rings. The maximum atomic E-state index is 5.62. The Morgan fingerprint density at radius 2 is 1.76 bits per heavy atom. The molecule has 2 N–H and O–H groups in total. The second-order valence-corrected chi connectivity index (χ2v) is 4.06. The van der Waals surface area contributed by atoms with Crippen LogP contribution < -0.4 is 5.73 Å². The Balaban J connectivity index is 0.00000110. The van der Waals surface area contributed by atoms with Crippen molar-refractivity contribution in [3.8, 4) is 22.8 Å². The summed E-state index contributed by atoms with van der Waals surface area (Å²) in [5.74, 6) is 1.04. The van der Waals surface area contributed by atoms with E-state index in [1.54, 1.807) is 12.4 Å². The van der Waals surface area contributed by atoms with Crippen molar-refractivity contribution in [3.05, 3.63) is 54.4 Å². The zero-order valence-electron chi connectivity index (χ0n) is 11.0. The van der Waals surface area contributed by atoms with Crippen molar-refractivity contribution in [1.29, 1.82) is 0 Å². The minimum Gasteiger partial charge on any atom is -0.334 e. The topological polar surface area (TPSA) is 77.8 Å². The highest BCUT2D eigenvalue weighted by Crippen LogP contribution is 2.22. The average Bonchev–Trinajstić information content (AvgIpc) is 2.98. The van der Waals surface area contributed by atoms with Crippen LogP contribution in [0.2, 0.25) is 0 Å². The van der Waals surface area contributed by atoms with Crippen LogP contribution in [-0.2, 0) is 6.54 Å². The van der Waals surface area contributed by atoms with Crippen molar-refractivity contribution in [2.24, 2.45) is 5.73 Å². The predicted molar refractivity (Wildman–Crippen MR) is 85.4 cm³/mol. The molecular formula is C14H14Cl2N4O. The van der Waals surface area contributed by atoms with E-state index >= 15 is 0 Å². The van der Waals surface area contributed by atoms with E-state index in [1.807, 2.05) is 36.4 Å². The molecule has 7 heteroatoms. The molecule has 5 nitrogen and oxygen atoms in total. The number of rotatable bonds is 3. The zero-order chi connectivity index (χ0) is 13.1. The molecular weight excluding hydrogens is 311 g/mol. The van der Waals surface area contributed by atoms with E-state index in [4.69, 9.17) is 10.3 Å². The summed E-state index contributed by atoms with van der Waals surface area (Å²) in [6.45, 7) is 0.485. The molecule has 3 rings (SSSR count). The monoisotopic (exact) mass is 324 g/mol. The molecule has 0 unspecified atom stereocenters. The minimum absolute atomic E-state index is 0. The van der Waals surface area contributed by atoms with Gasteiger partial charge in [0.05, 0.1) is 0 Å². The Hall–Kier alpha value is -1.95. The summed E-state index contributed by atoms with van der Waals surface area (Å²) in [5.41, 5.74) is 8.39. The van der Waals surface area contributed by atoms with Crippen LogP contribution in [0.1, 0.15) is 5.56 Å². The van der Waals surface area contributed by atoms with Crippen LogP contribution in [0.3, 0.4) is 0 Å². The lowest BCUT2D eigenvalue weighted by Gasteiger charge is -1.98. The van der Waals surface area contributed by atoms with Crippen LogP contribution in [0, 0.1) is 0 Å². The molecule has 0 spiro atoms. The van der Waals surface area contributed by atoms with Gasteiger partial charge in [0.25, 0.3) is 5.89 Å². The highest BCUT2D eigenvalue weighted by molar-refractivity contribution is 5.85. The normalized spacial score (nSPS) is 9.57. The third-order valence-corrected chi connectivity index (χ3v) is 2.77. The molecule has 0 atom stereocenters. The van der Waals surface area contributed by atoms with Gasteiger partial charge in [-0.3, -0.25) is 4.98 Å². The van der Waals surface area contributed by atoms with Crippen molar-refractivity contribution in [2.75, 3.05) is 0 Å². The minimum atomic E-state index is 0. The number of nitrogens with zero attached hydrogens (tertiary/aromatic N) is 3. The SMILES string of the molecule is Cl.Cl.NCc1cccc(-c2nc(-c3ccncc3)no2)c1. The van der Waals surface area contributed by atoms with Gasteiger partial charge >= 0.3 is 0 Å². The van der Waals surface area contributed by atoms with Gasteiger partial charge in [0.1, 0.15) is 0 Å². The highest BCUT2D eigenvalue weighted by Gasteiger charge is 2.10. The first kappa shape index (κ1) is 17.1. The highest BCUT2D eigenvalue weighted by atomic mass is 35.5. The molecule has 0 aliphatic rings. The van der Waals surface area contributed by atoms with Crippen LogP contribution in [-0.4, -0.2) is 15.1 Å². The molecule has 2 aromatic heterocycles. The third kappa shape index (κ3) is 3.78. The fraction of sp³-hybridized carbons (Fsp3) is 0.0714. The second-order valence-electron chi connectivity index (χ2n) is 4.06. The van der Waals surface area contributed by atoms with E-state index in [1.165, 1.54) is 0 Å². The summed E-state index contributed by atoms with van der Waals surface area (Å²) in [6, 6.07) is 11.4. The molecule has 0 saturated heterocycles. The number of nitrogens with two attached hydrogens (primary N) is 1. The van der Waals surface area contributed by atoms with Crippen molar-refractivity contribution in [3.63, 3.8) is 0 Å². The van der Waals surface area contributed by atoms with Gasteiger partial charge in [-0.05, 0) is 29.8 Å². The lowest BCUT2D eigenvalue weighted by atomic mass is 10.1. The van der Waals surface area contributed by atoms with E-state index in [2.05, 4.69) is 15.1 Å².